The van der Waals surface area contributed by atoms with Crippen LogP contribution in [-0.2, 0) is 4.74 Å². The van der Waals surface area contributed by atoms with E-state index in [1.54, 1.807) is 43.5 Å². The fraction of sp³-hybridized carbons (Fsp3) is 0.333. The Morgan fingerprint density at radius 3 is 2.41 bits per heavy atom. The number of rotatable bonds is 7. The first-order valence-corrected chi connectivity index (χ1v) is 9.10. The molecule has 1 fully saturated rings. The molecule has 2 aromatic rings. The molecule has 142 valence electrons. The summed E-state index contributed by atoms with van der Waals surface area (Å²) in [5, 5.41) is 2.86. The second kappa shape index (κ2) is 9.19. The second-order valence-corrected chi connectivity index (χ2v) is 6.36. The number of anilines is 1. The van der Waals surface area contributed by atoms with Crippen LogP contribution in [0.3, 0.4) is 0 Å². The standard InChI is InChI=1S/C21H24N2O4/c1-26-14-15-27-17-10-8-16(9-11-17)20(24)22-19-7-3-2-6-18(19)21(25)23-12-4-5-13-23/h2-3,6-11H,4-5,12-15H2,1H3,(H,22,24). The third-order valence-corrected chi connectivity index (χ3v) is 4.47. The number of carbonyl (C=O) groups is 2. The molecule has 0 radical (unpaired) electrons. The van der Waals surface area contributed by atoms with Gasteiger partial charge in [0, 0.05) is 25.8 Å². The van der Waals surface area contributed by atoms with Gasteiger partial charge in [0.25, 0.3) is 11.8 Å². The van der Waals surface area contributed by atoms with Crippen LogP contribution in [0, 0.1) is 0 Å². The van der Waals surface area contributed by atoms with Crippen LogP contribution in [0.25, 0.3) is 0 Å². The lowest BCUT2D eigenvalue weighted by molar-refractivity contribution is 0.0794. The zero-order valence-electron chi connectivity index (χ0n) is 15.4. The molecule has 1 N–H and O–H groups in total. The Balaban J connectivity index is 1.68. The monoisotopic (exact) mass is 368 g/mol. The smallest absolute Gasteiger partial charge is 0.255 e. The van der Waals surface area contributed by atoms with Crippen molar-refractivity contribution < 1.29 is 19.1 Å². The van der Waals surface area contributed by atoms with Gasteiger partial charge >= 0.3 is 0 Å². The van der Waals surface area contributed by atoms with E-state index in [1.165, 1.54) is 0 Å². The van der Waals surface area contributed by atoms with Crippen molar-refractivity contribution in [2.24, 2.45) is 0 Å². The summed E-state index contributed by atoms with van der Waals surface area (Å²) in [5.41, 5.74) is 1.55. The van der Waals surface area contributed by atoms with E-state index in [0.29, 0.717) is 35.8 Å². The molecule has 27 heavy (non-hydrogen) atoms. The second-order valence-electron chi connectivity index (χ2n) is 6.36. The maximum atomic E-state index is 12.7. The number of hydrogen-bond acceptors (Lipinski definition) is 4. The number of amides is 2. The average molecular weight is 368 g/mol. The van der Waals surface area contributed by atoms with Gasteiger partial charge in [-0.1, -0.05) is 12.1 Å². The molecule has 1 saturated heterocycles. The highest BCUT2D eigenvalue weighted by Gasteiger charge is 2.22. The van der Waals surface area contributed by atoms with E-state index in [4.69, 9.17) is 9.47 Å². The molecule has 2 aromatic carbocycles. The first-order valence-electron chi connectivity index (χ1n) is 9.10. The van der Waals surface area contributed by atoms with Crippen molar-refractivity contribution in [3.05, 3.63) is 59.7 Å². The minimum absolute atomic E-state index is 0.0368. The lowest BCUT2D eigenvalue weighted by Gasteiger charge is -2.18. The molecule has 1 aliphatic heterocycles. The fourth-order valence-corrected chi connectivity index (χ4v) is 3.01. The van der Waals surface area contributed by atoms with Crippen molar-refractivity contribution in [1.29, 1.82) is 0 Å². The average Bonchev–Trinajstić information content (AvgIpc) is 3.23. The number of hydrogen-bond donors (Lipinski definition) is 1. The van der Waals surface area contributed by atoms with Gasteiger partial charge in [-0.3, -0.25) is 9.59 Å². The highest BCUT2D eigenvalue weighted by Crippen LogP contribution is 2.21. The number of ether oxygens (including phenoxy) is 2. The van der Waals surface area contributed by atoms with Crippen molar-refractivity contribution in [1.82, 2.24) is 4.90 Å². The number of nitrogens with zero attached hydrogens (tertiary/aromatic N) is 1. The molecule has 3 rings (SSSR count). The van der Waals surface area contributed by atoms with Crippen LogP contribution in [0.2, 0.25) is 0 Å². The summed E-state index contributed by atoms with van der Waals surface area (Å²) in [6, 6.07) is 14.0. The maximum absolute atomic E-state index is 12.7. The number of benzene rings is 2. The molecular weight excluding hydrogens is 344 g/mol. The summed E-state index contributed by atoms with van der Waals surface area (Å²) in [6.45, 7) is 2.50. The molecule has 6 nitrogen and oxygen atoms in total. The van der Waals surface area contributed by atoms with Crippen LogP contribution >= 0.6 is 0 Å². The van der Waals surface area contributed by atoms with E-state index in [1.807, 2.05) is 17.0 Å². The van der Waals surface area contributed by atoms with E-state index >= 15 is 0 Å². The molecule has 0 saturated carbocycles. The lowest BCUT2D eigenvalue weighted by atomic mass is 10.1. The summed E-state index contributed by atoms with van der Waals surface area (Å²) in [4.78, 5) is 27.1. The zero-order chi connectivity index (χ0) is 19.1. The van der Waals surface area contributed by atoms with Crippen LogP contribution in [0.1, 0.15) is 33.6 Å². The van der Waals surface area contributed by atoms with Crippen molar-refractivity contribution in [3.63, 3.8) is 0 Å². The highest BCUT2D eigenvalue weighted by molar-refractivity contribution is 6.09. The summed E-state index contributed by atoms with van der Waals surface area (Å²) in [7, 11) is 1.61. The topological polar surface area (TPSA) is 67.9 Å². The molecule has 0 bridgehead atoms. The summed E-state index contributed by atoms with van der Waals surface area (Å²) in [5.74, 6) is 0.374. The summed E-state index contributed by atoms with van der Waals surface area (Å²) >= 11 is 0. The largest absolute Gasteiger partial charge is 0.491 e. The Kier molecular flexibility index (Phi) is 6.44. The van der Waals surface area contributed by atoms with Crippen molar-refractivity contribution in [3.8, 4) is 5.75 Å². The lowest BCUT2D eigenvalue weighted by Crippen LogP contribution is -2.28. The molecule has 0 unspecified atom stereocenters. The van der Waals surface area contributed by atoms with Gasteiger partial charge in [-0.2, -0.15) is 0 Å². The molecule has 1 aliphatic rings. The Morgan fingerprint density at radius 1 is 1.00 bits per heavy atom. The van der Waals surface area contributed by atoms with Crippen molar-refractivity contribution in [2.45, 2.75) is 12.8 Å². The normalized spacial score (nSPS) is 13.4. The third-order valence-electron chi connectivity index (χ3n) is 4.47. The SMILES string of the molecule is COCCOc1ccc(C(=O)Nc2ccccc2C(=O)N2CCCC2)cc1. The van der Waals surface area contributed by atoms with Crippen LogP contribution in [0.15, 0.2) is 48.5 Å². The van der Waals surface area contributed by atoms with E-state index in [-0.39, 0.29) is 11.8 Å². The Bertz CT molecular complexity index is 783. The van der Waals surface area contributed by atoms with Gasteiger partial charge < -0.3 is 19.7 Å². The zero-order valence-corrected chi connectivity index (χ0v) is 15.4. The van der Waals surface area contributed by atoms with Crippen LogP contribution < -0.4 is 10.1 Å². The molecule has 0 spiro atoms. The first kappa shape index (κ1) is 18.9. The van der Waals surface area contributed by atoms with E-state index < -0.39 is 0 Å². The number of methoxy groups -OCH3 is 1. The van der Waals surface area contributed by atoms with Gasteiger partial charge in [-0.25, -0.2) is 0 Å². The van der Waals surface area contributed by atoms with Gasteiger partial charge in [-0.15, -0.1) is 0 Å². The molecule has 0 aliphatic carbocycles. The number of para-hydroxylation sites is 1. The van der Waals surface area contributed by atoms with Crippen LogP contribution in [0.4, 0.5) is 5.69 Å². The highest BCUT2D eigenvalue weighted by atomic mass is 16.5. The van der Waals surface area contributed by atoms with Gasteiger partial charge in [0.05, 0.1) is 17.9 Å². The molecule has 6 heteroatoms. The van der Waals surface area contributed by atoms with Gasteiger partial charge in [0.2, 0.25) is 0 Å². The summed E-state index contributed by atoms with van der Waals surface area (Å²) < 4.78 is 10.4. The number of carbonyl (C=O) groups excluding carboxylic acids is 2. The fourth-order valence-electron chi connectivity index (χ4n) is 3.01. The van der Waals surface area contributed by atoms with E-state index in [2.05, 4.69) is 5.32 Å². The minimum Gasteiger partial charge on any atom is -0.491 e. The molecule has 0 aromatic heterocycles. The van der Waals surface area contributed by atoms with Gasteiger partial charge in [0.15, 0.2) is 0 Å². The van der Waals surface area contributed by atoms with E-state index in [9.17, 15) is 9.59 Å². The first-order chi connectivity index (χ1) is 13.2. The predicted octanol–water partition coefficient (Wildman–Crippen LogP) is 3.20. The molecular formula is C21H24N2O4. The van der Waals surface area contributed by atoms with Crippen molar-refractivity contribution >= 4 is 17.5 Å². The quantitative estimate of drug-likeness (QED) is 0.762. The molecule has 0 atom stereocenters. The van der Waals surface area contributed by atoms with Crippen LogP contribution in [0.5, 0.6) is 5.75 Å². The number of nitrogens with one attached hydrogen (secondary N) is 1. The predicted molar refractivity (Wildman–Crippen MR) is 103 cm³/mol. The Labute approximate surface area is 159 Å². The Morgan fingerprint density at radius 2 is 1.70 bits per heavy atom. The minimum atomic E-state index is -0.264. The van der Waals surface area contributed by atoms with Gasteiger partial charge in [-0.05, 0) is 49.2 Å². The van der Waals surface area contributed by atoms with Crippen molar-refractivity contribution in [2.75, 3.05) is 38.7 Å². The van der Waals surface area contributed by atoms with Crippen LogP contribution in [-0.4, -0.2) is 50.1 Å². The number of likely N-dealkylation sites (tertiary alicyclic amines) is 1. The van der Waals surface area contributed by atoms with E-state index in [0.717, 1.165) is 25.9 Å². The maximum Gasteiger partial charge on any atom is 0.255 e. The molecule has 1 heterocycles. The third kappa shape index (κ3) is 4.86. The molecule has 2 amide bonds. The summed E-state index contributed by atoms with van der Waals surface area (Å²) in [6.07, 6.45) is 2.05. The Hall–Kier alpha value is -2.86. The van der Waals surface area contributed by atoms with Gasteiger partial charge in [0.1, 0.15) is 12.4 Å².